The molecule has 0 saturated heterocycles. The highest BCUT2D eigenvalue weighted by molar-refractivity contribution is 7.88. The van der Waals surface area contributed by atoms with Gasteiger partial charge in [0.25, 0.3) is 5.91 Å². The molecule has 0 saturated carbocycles. The van der Waals surface area contributed by atoms with E-state index >= 15 is 0 Å². The molecule has 8 nitrogen and oxygen atoms in total. The summed E-state index contributed by atoms with van der Waals surface area (Å²) in [5.41, 5.74) is 2.53. The number of carbonyl (C=O) groups excluding carboxylic acids is 2. The van der Waals surface area contributed by atoms with Crippen LogP contribution in [0.1, 0.15) is 19.3 Å². The summed E-state index contributed by atoms with van der Waals surface area (Å²) < 4.78 is 23.5. The fourth-order valence-electron chi connectivity index (χ4n) is 1.41. The first kappa shape index (κ1) is 15.6. The maximum absolute atomic E-state index is 11.6. The highest BCUT2D eigenvalue weighted by atomic mass is 32.2. The Morgan fingerprint density at radius 2 is 2.16 bits per heavy atom. The quantitative estimate of drug-likeness (QED) is 0.590. The molecule has 0 bridgehead atoms. The Morgan fingerprint density at radius 3 is 2.68 bits per heavy atom. The maximum atomic E-state index is 11.6. The molecule has 0 atom stereocenters. The van der Waals surface area contributed by atoms with Crippen LogP contribution in [0.25, 0.3) is 0 Å². The van der Waals surface area contributed by atoms with Gasteiger partial charge in [-0.1, -0.05) is 0 Å². The van der Waals surface area contributed by atoms with Crippen LogP contribution in [0.2, 0.25) is 0 Å². The average Bonchev–Trinajstić information content (AvgIpc) is 2.33. The van der Waals surface area contributed by atoms with Gasteiger partial charge in [-0.15, -0.1) is 0 Å². The van der Waals surface area contributed by atoms with E-state index in [4.69, 9.17) is 0 Å². The molecule has 2 amide bonds. The zero-order valence-electron chi connectivity index (χ0n) is 11.0. The second-order valence-electron chi connectivity index (χ2n) is 4.29. The Morgan fingerprint density at radius 1 is 1.47 bits per heavy atom. The van der Waals surface area contributed by atoms with Crippen molar-refractivity contribution in [3.63, 3.8) is 0 Å². The van der Waals surface area contributed by atoms with Crippen molar-refractivity contribution < 1.29 is 18.0 Å². The van der Waals surface area contributed by atoms with Crippen LogP contribution in [0.5, 0.6) is 0 Å². The summed E-state index contributed by atoms with van der Waals surface area (Å²) in [6.45, 7) is 0.688. The lowest BCUT2D eigenvalue weighted by Gasteiger charge is -2.15. The summed E-state index contributed by atoms with van der Waals surface area (Å²) in [7, 11) is -1.70. The fourth-order valence-corrected chi connectivity index (χ4v) is 1.87. The van der Waals surface area contributed by atoms with Gasteiger partial charge < -0.3 is 5.32 Å². The van der Waals surface area contributed by atoms with E-state index in [0.29, 0.717) is 25.9 Å². The molecule has 0 aromatic carbocycles. The Hall–Kier alpha value is -1.48. The second-order valence-corrected chi connectivity index (χ2v) is 6.38. The van der Waals surface area contributed by atoms with E-state index in [0.717, 1.165) is 6.26 Å². The van der Waals surface area contributed by atoms with E-state index in [2.05, 4.69) is 15.8 Å². The number of hydrogen-bond donors (Lipinski definition) is 2. The molecule has 9 heteroatoms. The first-order valence-corrected chi connectivity index (χ1v) is 7.70. The summed E-state index contributed by atoms with van der Waals surface area (Å²) in [5, 5.41) is 6.29. The molecule has 0 radical (unpaired) electrons. The van der Waals surface area contributed by atoms with E-state index < -0.39 is 10.0 Å². The number of sulfonamides is 1. The van der Waals surface area contributed by atoms with Gasteiger partial charge in [-0.2, -0.15) is 5.10 Å². The smallest absolute Gasteiger partial charge is 0.267 e. The van der Waals surface area contributed by atoms with Gasteiger partial charge in [-0.3, -0.25) is 9.59 Å². The molecule has 0 aliphatic carbocycles. The van der Waals surface area contributed by atoms with Gasteiger partial charge in [0.2, 0.25) is 15.9 Å². The molecule has 0 unspecified atom stereocenters. The third kappa shape index (κ3) is 5.35. The SMILES string of the molecule is CN(CCCNC(=O)C1=NNC(=O)CC1)S(C)(=O)=O. The summed E-state index contributed by atoms with van der Waals surface area (Å²) in [4.78, 5) is 22.5. The van der Waals surface area contributed by atoms with Crippen LogP contribution < -0.4 is 10.7 Å². The average molecular weight is 290 g/mol. The van der Waals surface area contributed by atoms with Crippen LogP contribution in [0.4, 0.5) is 0 Å². The topological polar surface area (TPSA) is 108 Å². The van der Waals surface area contributed by atoms with Crippen molar-refractivity contribution in [2.24, 2.45) is 5.10 Å². The van der Waals surface area contributed by atoms with Crippen molar-refractivity contribution in [3.8, 4) is 0 Å². The van der Waals surface area contributed by atoms with Crippen LogP contribution >= 0.6 is 0 Å². The normalized spacial score (nSPS) is 15.9. The molecule has 0 aromatic heterocycles. The molecule has 108 valence electrons. The van der Waals surface area contributed by atoms with Crippen molar-refractivity contribution in [2.75, 3.05) is 26.4 Å². The summed E-state index contributed by atoms with van der Waals surface area (Å²) >= 11 is 0. The van der Waals surface area contributed by atoms with Crippen molar-refractivity contribution in [1.29, 1.82) is 0 Å². The number of rotatable bonds is 6. The molecule has 0 fully saturated rings. The first-order chi connectivity index (χ1) is 8.80. The molecule has 1 heterocycles. The number of nitrogens with zero attached hydrogens (tertiary/aromatic N) is 2. The van der Waals surface area contributed by atoms with Crippen molar-refractivity contribution >= 4 is 27.5 Å². The minimum atomic E-state index is -3.18. The molecule has 1 aliphatic rings. The van der Waals surface area contributed by atoms with E-state index in [1.165, 1.54) is 11.4 Å². The molecule has 1 aliphatic heterocycles. The molecule has 19 heavy (non-hydrogen) atoms. The molecule has 0 aromatic rings. The summed E-state index contributed by atoms with van der Waals surface area (Å²) in [5.74, 6) is -0.534. The van der Waals surface area contributed by atoms with Gasteiger partial charge in [0.15, 0.2) is 0 Å². The number of carbonyl (C=O) groups is 2. The predicted molar refractivity (Wildman–Crippen MR) is 69.9 cm³/mol. The van der Waals surface area contributed by atoms with Crippen molar-refractivity contribution in [3.05, 3.63) is 0 Å². The van der Waals surface area contributed by atoms with Crippen LogP contribution in [-0.2, 0) is 19.6 Å². The van der Waals surface area contributed by atoms with Gasteiger partial charge in [0, 0.05) is 33.0 Å². The highest BCUT2D eigenvalue weighted by Crippen LogP contribution is 1.99. The summed E-state index contributed by atoms with van der Waals surface area (Å²) in [6.07, 6.45) is 2.21. The Labute approximate surface area is 112 Å². The number of nitrogens with one attached hydrogen (secondary N) is 2. The van der Waals surface area contributed by atoms with Crippen LogP contribution in [0.15, 0.2) is 5.10 Å². The Balaban J connectivity index is 2.27. The number of amides is 2. The minimum Gasteiger partial charge on any atom is -0.351 e. The van der Waals surface area contributed by atoms with E-state index in [9.17, 15) is 18.0 Å². The predicted octanol–water partition coefficient (Wildman–Crippen LogP) is -1.35. The minimum absolute atomic E-state index is 0.202. The summed E-state index contributed by atoms with van der Waals surface area (Å²) in [6, 6.07) is 0. The van der Waals surface area contributed by atoms with Gasteiger partial charge in [0.05, 0.1) is 6.26 Å². The monoisotopic (exact) mass is 290 g/mol. The lowest BCUT2D eigenvalue weighted by atomic mass is 10.1. The van der Waals surface area contributed by atoms with Crippen molar-refractivity contribution in [2.45, 2.75) is 19.3 Å². The third-order valence-electron chi connectivity index (χ3n) is 2.67. The lowest BCUT2D eigenvalue weighted by Crippen LogP contribution is -2.38. The molecule has 1 rings (SSSR count). The van der Waals surface area contributed by atoms with E-state index in [1.807, 2.05) is 0 Å². The Bertz CT molecular complexity index is 486. The lowest BCUT2D eigenvalue weighted by molar-refractivity contribution is -0.121. The zero-order chi connectivity index (χ0) is 14.5. The largest absolute Gasteiger partial charge is 0.351 e. The van der Waals surface area contributed by atoms with Crippen LogP contribution in [0, 0.1) is 0 Å². The standard InChI is InChI=1S/C10H18N4O4S/c1-14(19(2,17)18)7-3-6-11-10(16)8-4-5-9(15)13-12-8/h3-7H2,1-2H3,(H,11,16)(H,13,15). The second kappa shape index (κ2) is 6.62. The molecule has 0 spiro atoms. The molecular formula is C10H18N4O4S. The van der Waals surface area contributed by atoms with Crippen molar-refractivity contribution in [1.82, 2.24) is 15.0 Å². The van der Waals surface area contributed by atoms with E-state index in [1.54, 1.807) is 0 Å². The molecule has 2 N–H and O–H groups in total. The maximum Gasteiger partial charge on any atom is 0.267 e. The van der Waals surface area contributed by atoms with Crippen LogP contribution in [-0.4, -0.2) is 56.6 Å². The Kier molecular flexibility index (Phi) is 5.43. The number of hydrazone groups is 1. The highest BCUT2D eigenvalue weighted by Gasteiger charge is 2.17. The fraction of sp³-hybridized carbons (Fsp3) is 0.700. The zero-order valence-corrected chi connectivity index (χ0v) is 11.8. The molecular weight excluding hydrogens is 272 g/mol. The van der Waals surface area contributed by atoms with Crippen LogP contribution in [0.3, 0.4) is 0 Å². The van der Waals surface area contributed by atoms with Gasteiger partial charge in [-0.05, 0) is 6.42 Å². The van der Waals surface area contributed by atoms with E-state index in [-0.39, 0.29) is 23.9 Å². The van der Waals surface area contributed by atoms with Gasteiger partial charge >= 0.3 is 0 Å². The van der Waals surface area contributed by atoms with Gasteiger partial charge in [0.1, 0.15) is 5.71 Å². The van der Waals surface area contributed by atoms with Gasteiger partial charge in [-0.25, -0.2) is 18.1 Å². The number of hydrogen-bond acceptors (Lipinski definition) is 5. The third-order valence-corrected chi connectivity index (χ3v) is 3.98. The first-order valence-electron chi connectivity index (χ1n) is 5.85.